The largest absolute Gasteiger partial charge is 0.389 e. The van der Waals surface area contributed by atoms with Gasteiger partial charge in [0.25, 0.3) is 0 Å². The van der Waals surface area contributed by atoms with Crippen molar-refractivity contribution in [2.75, 3.05) is 26.2 Å². The fraction of sp³-hybridized carbons (Fsp3) is 0.632. The minimum Gasteiger partial charge on any atom is -0.389 e. The van der Waals surface area contributed by atoms with E-state index in [-0.39, 0.29) is 18.1 Å². The molecule has 0 bridgehead atoms. The Morgan fingerprint density at radius 3 is 2.46 bits per heavy atom. The van der Waals surface area contributed by atoms with Crippen LogP contribution < -0.4 is 0 Å². The lowest BCUT2D eigenvalue weighted by Gasteiger charge is -2.27. The van der Waals surface area contributed by atoms with E-state index in [4.69, 9.17) is 0 Å². The van der Waals surface area contributed by atoms with E-state index in [0.29, 0.717) is 6.54 Å². The molecule has 1 saturated carbocycles. The number of hydrogen-bond donors (Lipinski definition) is 1. The number of benzene rings is 1. The highest BCUT2D eigenvalue weighted by Crippen LogP contribution is 2.32. The average Bonchev–Trinajstić information content (AvgIpc) is 2.84. The van der Waals surface area contributed by atoms with Crippen LogP contribution in [0.1, 0.15) is 44.1 Å². The maximum atomic E-state index is 13.0. The van der Waals surface area contributed by atoms with Crippen LogP contribution in [0.5, 0.6) is 0 Å². The van der Waals surface area contributed by atoms with Gasteiger partial charge >= 0.3 is 0 Å². The Hall–Kier alpha value is -1.46. The zero-order valence-corrected chi connectivity index (χ0v) is 14.2. The van der Waals surface area contributed by atoms with Gasteiger partial charge in [-0.25, -0.2) is 4.39 Å². The first-order valence-electron chi connectivity index (χ1n) is 9.01. The van der Waals surface area contributed by atoms with E-state index in [1.54, 1.807) is 0 Å². The topological polar surface area (TPSA) is 43.8 Å². The third kappa shape index (κ3) is 4.54. The maximum absolute atomic E-state index is 13.0. The summed E-state index contributed by atoms with van der Waals surface area (Å²) in [4.78, 5) is 16.7. The summed E-state index contributed by atoms with van der Waals surface area (Å²) in [6, 6.07) is 6.62. The molecule has 132 valence electrons. The van der Waals surface area contributed by atoms with Crippen molar-refractivity contribution in [3.05, 3.63) is 35.6 Å². The Balaban J connectivity index is 1.51. The predicted molar refractivity (Wildman–Crippen MR) is 90.9 cm³/mol. The molecule has 1 saturated heterocycles. The number of amides is 1. The summed E-state index contributed by atoms with van der Waals surface area (Å²) in [5.41, 5.74) is 0.327. The highest BCUT2D eigenvalue weighted by Gasteiger charge is 2.35. The van der Waals surface area contributed by atoms with Crippen molar-refractivity contribution in [3.63, 3.8) is 0 Å². The molecule has 4 nitrogen and oxygen atoms in total. The van der Waals surface area contributed by atoms with Gasteiger partial charge in [0.15, 0.2) is 0 Å². The van der Waals surface area contributed by atoms with Crippen molar-refractivity contribution in [2.45, 2.75) is 50.7 Å². The van der Waals surface area contributed by atoms with Crippen LogP contribution in [0.25, 0.3) is 0 Å². The molecule has 0 radical (unpaired) electrons. The van der Waals surface area contributed by atoms with Gasteiger partial charge in [0, 0.05) is 32.7 Å². The number of halogens is 1. The highest BCUT2D eigenvalue weighted by atomic mass is 19.1. The molecular formula is C19H27FN2O2. The molecule has 2 fully saturated rings. The van der Waals surface area contributed by atoms with E-state index in [1.807, 2.05) is 17.0 Å². The molecule has 1 heterocycles. The fourth-order valence-corrected chi connectivity index (χ4v) is 3.83. The van der Waals surface area contributed by atoms with Crippen molar-refractivity contribution < 1.29 is 14.3 Å². The van der Waals surface area contributed by atoms with Crippen molar-refractivity contribution in [1.82, 2.24) is 9.80 Å². The quantitative estimate of drug-likeness (QED) is 0.920. The fourth-order valence-electron chi connectivity index (χ4n) is 3.83. The first kappa shape index (κ1) is 17.4. The normalized spacial score (nSPS) is 21.7. The molecule has 1 aliphatic carbocycles. The number of hydrogen-bond acceptors (Lipinski definition) is 3. The zero-order valence-electron chi connectivity index (χ0n) is 14.2. The Labute approximate surface area is 143 Å². The SMILES string of the molecule is O=C(CC1(O)CCCC1)N1CCCN(Cc2ccc(F)cc2)CC1. The molecule has 1 aliphatic heterocycles. The lowest BCUT2D eigenvalue weighted by molar-refractivity contribution is -0.136. The first-order chi connectivity index (χ1) is 11.5. The van der Waals surface area contributed by atoms with Crippen molar-refractivity contribution >= 4 is 5.91 Å². The van der Waals surface area contributed by atoms with Gasteiger partial charge in [-0.3, -0.25) is 9.69 Å². The molecule has 2 aliphatic rings. The van der Waals surface area contributed by atoms with Gasteiger partial charge in [-0.1, -0.05) is 25.0 Å². The summed E-state index contributed by atoms with van der Waals surface area (Å²) in [5, 5.41) is 10.4. The molecule has 3 rings (SSSR count). The standard InChI is InChI=1S/C19H27FN2O2/c20-17-6-4-16(5-7-17)15-21-10-3-11-22(13-12-21)18(23)14-19(24)8-1-2-9-19/h4-7,24H,1-3,8-15H2. The minimum atomic E-state index is -0.767. The van der Waals surface area contributed by atoms with Crippen molar-refractivity contribution in [3.8, 4) is 0 Å². The smallest absolute Gasteiger partial charge is 0.225 e. The van der Waals surface area contributed by atoms with E-state index in [2.05, 4.69) is 4.90 Å². The van der Waals surface area contributed by atoms with Gasteiger partial charge in [0.1, 0.15) is 5.82 Å². The van der Waals surface area contributed by atoms with Gasteiger partial charge < -0.3 is 10.0 Å². The van der Waals surface area contributed by atoms with E-state index in [9.17, 15) is 14.3 Å². The van der Waals surface area contributed by atoms with Gasteiger partial charge in [-0.2, -0.15) is 0 Å². The second-order valence-corrected chi connectivity index (χ2v) is 7.25. The molecular weight excluding hydrogens is 307 g/mol. The van der Waals surface area contributed by atoms with Crippen LogP contribution in [0, 0.1) is 5.82 Å². The van der Waals surface area contributed by atoms with Crippen LogP contribution in [0.15, 0.2) is 24.3 Å². The molecule has 0 atom stereocenters. The Kier molecular flexibility index (Phi) is 5.51. The van der Waals surface area contributed by atoms with Gasteiger partial charge in [-0.15, -0.1) is 0 Å². The molecule has 0 spiro atoms. The molecule has 0 unspecified atom stereocenters. The van der Waals surface area contributed by atoms with Gasteiger partial charge in [-0.05, 0) is 37.0 Å². The van der Waals surface area contributed by atoms with Crippen LogP contribution in [-0.2, 0) is 11.3 Å². The van der Waals surface area contributed by atoms with Crippen LogP contribution in [0.4, 0.5) is 4.39 Å². The summed E-state index contributed by atoms with van der Waals surface area (Å²) in [7, 11) is 0. The lowest BCUT2D eigenvalue weighted by atomic mass is 9.97. The van der Waals surface area contributed by atoms with Crippen molar-refractivity contribution in [2.24, 2.45) is 0 Å². The van der Waals surface area contributed by atoms with E-state index >= 15 is 0 Å². The number of carbonyl (C=O) groups excluding carboxylic acids is 1. The second-order valence-electron chi connectivity index (χ2n) is 7.25. The van der Waals surface area contributed by atoms with E-state index in [1.165, 1.54) is 12.1 Å². The van der Waals surface area contributed by atoms with Gasteiger partial charge in [0.2, 0.25) is 5.91 Å². The highest BCUT2D eigenvalue weighted by molar-refractivity contribution is 5.77. The molecule has 1 aromatic carbocycles. The second kappa shape index (κ2) is 7.62. The molecule has 1 amide bonds. The Morgan fingerprint density at radius 1 is 1.04 bits per heavy atom. The number of nitrogens with zero attached hydrogens (tertiary/aromatic N) is 2. The van der Waals surface area contributed by atoms with Crippen LogP contribution in [0.2, 0.25) is 0 Å². The Morgan fingerprint density at radius 2 is 1.75 bits per heavy atom. The number of carbonyl (C=O) groups is 1. The Bertz CT molecular complexity index is 555. The van der Waals surface area contributed by atoms with E-state index in [0.717, 1.165) is 63.8 Å². The lowest BCUT2D eigenvalue weighted by Crippen LogP contribution is -2.40. The maximum Gasteiger partial charge on any atom is 0.225 e. The summed E-state index contributed by atoms with van der Waals surface area (Å²) < 4.78 is 13.0. The van der Waals surface area contributed by atoms with Crippen LogP contribution in [-0.4, -0.2) is 52.6 Å². The molecule has 1 N–H and O–H groups in total. The summed E-state index contributed by atoms with van der Waals surface area (Å²) in [6.45, 7) is 4.00. The third-order valence-corrected chi connectivity index (χ3v) is 5.28. The monoisotopic (exact) mass is 334 g/mol. The first-order valence-corrected chi connectivity index (χ1v) is 9.01. The summed E-state index contributed by atoms with van der Waals surface area (Å²) in [5.74, 6) is -0.126. The summed E-state index contributed by atoms with van der Waals surface area (Å²) in [6.07, 6.45) is 4.76. The molecule has 5 heteroatoms. The minimum absolute atomic E-state index is 0.0861. The predicted octanol–water partition coefficient (Wildman–Crippen LogP) is 2.56. The van der Waals surface area contributed by atoms with Gasteiger partial charge in [0.05, 0.1) is 12.0 Å². The molecule has 0 aromatic heterocycles. The van der Waals surface area contributed by atoms with E-state index < -0.39 is 5.60 Å². The average molecular weight is 334 g/mol. The number of aliphatic hydroxyl groups is 1. The number of rotatable bonds is 4. The molecule has 24 heavy (non-hydrogen) atoms. The molecule has 1 aromatic rings. The third-order valence-electron chi connectivity index (χ3n) is 5.28. The zero-order chi connectivity index (χ0) is 17.0. The van der Waals surface area contributed by atoms with Crippen molar-refractivity contribution in [1.29, 1.82) is 0 Å². The van der Waals surface area contributed by atoms with Crippen LogP contribution >= 0.6 is 0 Å². The van der Waals surface area contributed by atoms with Crippen LogP contribution in [0.3, 0.4) is 0 Å². The summed E-state index contributed by atoms with van der Waals surface area (Å²) >= 11 is 0.